The summed E-state index contributed by atoms with van der Waals surface area (Å²) in [5.41, 5.74) is 2.81. The zero-order chi connectivity index (χ0) is 18.8. The molecule has 0 aliphatic carbocycles. The summed E-state index contributed by atoms with van der Waals surface area (Å²) in [6, 6.07) is 3.83. The third-order valence-corrected chi connectivity index (χ3v) is 5.09. The Morgan fingerprint density at radius 1 is 1.33 bits per heavy atom. The molecule has 0 fully saturated rings. The molecule has 10 heteroatoms. The van der Waals surface area contributed by atoms with Crippen LogP contribution in [0.15, 0.2) is 28.4 Å². The molecular weight excluding hydrogens is 366 g/mol. The zero-order valence-electron chi connectivity index (χ0n) is 14.8. The number of hydrogen-bond donors (Lipinski definition) is 1. The van der Waals surface area contributed by atoms with Crippen LogP contribution < -0.4 is 5.32 Å². The highest BCUT2D eigenvalue weighted by atomic mass is 32.1. The van der Waals surface area contributed by atoms with E-state index in [0.29, 0.717) is 30.3 Å². The van der Waals surface area contributed by atoms with Gasteiger partial charge in [0.1, 0.15) is 6.33 Å². The van der Waals surface area contributed by atoms with Crippen LogP contribution in [-0.2, 0) is 17.8 Å². The SMILES string of the molecule is Cc1nc2ncnn2c(C)c1CCC(=O)NCc1noc(-c2cccs2)n1. The molecule has 4 aromatic rings. The van der Waals surface area contributed by atoms with Crippen molar-refractivity contribution in [1.29, 1.82) is 0 Å². The lowest BCUT2D eigenvalue weighted by Gasteiger charge is -2.10. The first kappa shape index (κ1) is 17.3. The zero-order valence-corrected chi connectivity index (χ0v) is 15.7. The molecule has 0 aliphatic heterocycles. The van der Waals surface area contributed by atoms with E-state index >= 15 is 0 Å². The minimum atomic E-state index is -0.0880. The number of nitrogens with zero attached hydrogens (tertiary/aromatic N) is 6. The first-order valence-corrected chi connectivity index (χ1v) is 9.29. The van der Waals surface area contributed by atoms with Gasteiger partial charge in [0.25, 0.3) is 11.7 Å². The topological polar surface area (TPSA) is 111 Å². The molecule has 9 nitrogen and oxygen atoms in total. The third-order valence-electron chi connectivity index (χ3n) is 4.23. The van der Waals surface area contributed by atoms with Crippen molar-refractivity contribution in [2.75, 3.05) is 0 Å². The summed E-state index contributed by atoms with van der Waals surface area (Å²) in [5, 5.41) is 12.8. The molecule has 0 unspecified atom stereocenters. The van der Waals surface area contributed by atoms with E-state index in [1.54, 1.807) is 4.52 Å². The van der Waals surface area contributed by atoms with Gasteiger partial charge < -0.3 is 9.84 Å². The number of aryl methyl sites for hydroxylation is 2. The maximum Gasteiger partial charge on any atom is 0.268 e. The molecule has 0 atom stereocenters. The van der Waals surface area contributed by atoms with Gasteiger partial charge in [-0.2, -0.15) is 15.1 Å². The molecule has 1 N–H and O–H groups in total. The van der Waals surface area contributed by atoms with Crippen molar-refractivity contribution in [2.45, 2.75) is 33.2 Å². The lowest BCUT2D eigenvalue weighted by atomic mass is 10.1. The molecule has 1 amide bonds. The van der Waals surface area contributed by atoms with Crippen LogP contribution in [0.1, 0.15) is 29.2 Å². The van der Waals surface area contributed by atoms with Crippen molar-refractivity contribution < 1.29 is 9.32 Å². The molecule has 0 saturated carbocycles. The van der Waals surface area contributed by atoms with E-state index in [0.717, 1.165) is 21.8 Å². The van der Waals surface area contributed by atoms with Gasteiger partial charge in [-0.3, -0.25) is 4.79 Å². The van der Waals surface area contributed by atoms with Gasteiger partial charge in [-0.1, -0.05) is 11.2 Å². The van der Waals surface area contributed by atoms with Crippen LogP contribution in [-0.4, -0.2) is 35.6 Å². The Kier molecular flexibility index (Phi) is 4.63. The molecule has 4 rings (SSSR count). The standard InChI is InChI=1S/C17H17N7O2S/c1-10-12(11(2)24-17(21-10)19-9-20-24)5-6-15(25)18-8-14-22-16(26-23-14)13-4-3-7-27-13/h3-4,7,9H,5-6,8H2,1-2H3,(H,18,25). The van der Waals surface area contributed by atoms with E-state index in [4.69, 9.17) is 4.52 Å². The monoisotopic (exact) mass is 383 g/mol. The van der Waals surface area contributed by atoms with Gasteiger partial charge in [0, 0.05) is 17.8 Å². The van der Waals surface area contributed by atoms with Crippen molar-refractivity contribution >= 4 is 23.0 Å². The van der Waals surface area contributed by atoms with E-state index in [1.807, 2.05) is 31.4 Å². The third kappa shape index (κ3) is 3.56. The highest BCUT2D eigenvalue weighted by molar-refractivity contribution is 7.13. The van der Waals surface area contributed by atoms with E-state index in [1.165, 1.54) is 17.7 Å². The molecule has 0 bridgehead atoms. The minimum absolute atomic E-state index is 0.0880. The van der Waals surface area contributed by atoms with Gasteiger partial charge in [-0.25, -0.2) is 9.50 Å². The smallest absolute Gasteiger partial charge is 0.268 e. The number of hydrogen-bond acceptors (Lipinski definition) is 8. The van der Waals surface area contributed by atoms with Crippen LogP contribution in [0, 0.1) is 13.8 Å². The van der Waals surface area contributed by atoms with Gasteiger partial charge in [0.2, 0.25) is 5.91 Å². The van der Waals surface area contributed by atoms with E-state index < -0.39 is 0 Å². The van der Waals surface area contributed by atoms with Gasteiger partial charge >= 0.3 is 0 Å². The molecule has 27 heavy (non-hydrogen) atoms. The fraction of sp³-hybridized carbons (Fsp3) is 0.294. The highest BCUT2D eigenvalue weighted by Crippen LogP contribution is 2.22. The number of carbonyl (C=O) groups excluding carboxylic acids is 1. The lowest BCUT2D eigenvalue weighted by molar-refractivity contribution is -0.121. The minimum Gasteiger partial charge on any atom is -0.349 e. The quantitative estimate of drug-likeness (QED) is 0.543. The maximum absolute atomic E-state index is 12.2. The van der Waals surface area contributed by atoms with Crippen LogP contribution in [0.4, 0.5) is 0 Å². The Balaban J connectivity index is 1.35. The van der Waals surface area contributed by atoms with Crippen LogP contribution in [0.2, 0.25) is 0 Å². The summed E-state index contributed by atoms with van der Waals surface area (Å²) in [5.74, 6) is 1.39. The number of carbonyl (C=O) groups is 1. The number of nitrogens with one attached hydrogen (secondary N) is 1. The maximum atomic E-state index is 12.2. The van der Waals surface area contributed by atoms with Gasteiger partial charge in [0.05, 0.1) is 11.4 Å². The van der Waals surface area contributed by atoms with Crippen molar-refractivity contribution in [1.82, 2.24) is 35.0 Å². The van der Waals surface area contributed by atoms with E-state index in [9.17, 15) is 4.79 Å². The predicted molar refractivity (Wildman–Crippen MR) is 98.0 cm³/mol. The average Bonchev–Trinajstić information content (AvgIpc) is 3.39. The lowest BCUT2D eigenvalue weighted by Crippen LogP contribution is -2.24. The molecule has 0 aliphatic rings. The van der Waals surface area contributed by atoms with Crippen LogP contribution in [0.5, 0.6) is 0 Å². The van der Waals surface area contributed by atoms with Crippen molar-refractivity contribution in [2.24, 2.45) is 0 Å². The summed E-state index contributed by atoms with van der Waals surface area (Å²) in [4.78, 5) is 25.9. The van der Waals surface area contributed by atoms with Crippen LogP contribution in [0.3, 0.4) is 0 Å². The number of rotatable bonds is 6. The van der Waals surface area contributed by atoms with E-state index in [2.05, 4.69) is 30.5 Å². The Morgan fingerprint density at radius 3 is 3.04 bits per heavy atom. The van der Waals surface area contributed by atoms with Crippen LogP contribution in [0.25, 0.3) is 16.5 Å². The van der Waals surface area contributed by atoms with Crippen LogP contribution >= 0.6 is 11.3 Å². The summed E-state index contributed by atoms with van der Waals surface area (Å²) in [6.07, 6.45) is 2.37. The van der Waals surface area contributed by atoms with Crippen molar-refractivity contribution in [3.8, 4) is 10.8 Å². The summed E-state index contributed by atoms with van der Waals surface area (Å²) in [7, 11) is 0. The Labute approximate surface area is 158 Å². The molecule has 0 saturated heterocycles. The number of aromatic nitrogens is 6. The fourth-order valence-corrected chi connectivity index (χ4v) is 3.49. The largest absolute Gasteiger partial charge is 0.349 e. The second kappa shape index (κ2) is 7.23. The van der Waals surface area contributed by atoms with Gasteiger partial charge in [-0.15, -0.1) is 11.3 Å². The molecule has 0 aromatic carbocycles. The molecular formula is C17H17N7O2S. The average molecular weight is 383 g/mol. The Morgan fingerprint density at radius 2 is 2.22 bits per heavy atom. The second-order valence-electron chi connectivity index (χ2n) is 6.00. The fourth-order valence-electron chi connectivity index (χ4n) is 2.85. The number of fused-ring (bicyclic) bond motifs is 1. The van der Waals surface area contributed by atoms with Crippen molar-refractivity contribution in [3.05, 3.63) is 46.6 Å². The Hall–Kier alpha value is -3.14. The second-order valence-corrected chi connectivity index (χ2v) is 6.95. The molecule has 138 valence electrons. The normalized spacial score (nSPS) is 11.2. The Bertz CT molecular complexity index is 1080. The summed E-state index contributed by atoms with van der Waals surface area (Å²) in [6.45, 7) is 4.10. The van der Waals surface area contributed by atoms with Gasteiger partial charge in [-0.05, 0) is 37.3 Å². The first-order chi connectivity index (χ1) is 13.1. The number of amides is 1. The first-order valence-electron chi connectivity index (χ1n) is 8.41. The summed E-state index contributed by atoms with van der Waals surface area (Å²) < 4.78 is 6.90. The molecule has 4 heterocycles. The molecule has 0 spiro atoms. The molecule has 4 aromatic heterocycles. The highest BCUT2D eigenvalue weighted by Gasteiger charge is 2.14. The summed E-state index contributed by atoms with van der Waals surface area (Å²) >= 11 is 1.52. The molecule has 0 radical (unpaired) electrons. The number of thiophene rings is 1. The van der Waals surface area contributed by atoms with E-state index in [-0.39, 0.29) is 12.5 Å². The van der Waals surface area contributed by atoms with Crippen molar-refractivity contribution in [3.63, 3.8) is 0 Å². The predicted octanol–water partition coefficient (Wildman–Crippen LogP) is 2.10. The van der Waals surface area contributed by atoms with Gasteiger partial charge in [0.15, 0.2) is 5.82 Å².